The Labute approximate surface area is 220 Å². The minimum Gasteiger partial charge on any atom is -0.348 e. The number of aromatic nitrogens is 6. The highest BCUT2D eigenvalue weighted by molar-refractivity contribution is 5.77. The molecule has 8 heteroatoms. The molecule has 1 saturated heterocycles. The zero-order valence-electron chi connectivity index (χ0n) is 22.6. The summed E-state index contributed by atoms with van der Waals surface area (Å²) in [6, 6.07) is 6.79. The van der Waals surface area contributed by atoms with Gasteiger partial charge < -0.3 is 19.0 Å². The molecule has 37 heavy (non-hydrogen) atoms. The van der Waals surface area contributed by atoms with Crippen LogP contribution in [0.3, 0.4) is 0 Å². The van der Waals surface area contributed by atoms with Crippen LogP contribution in [0.2, 0.25) is 0 Å². The van der Waals surface area contributed by atoms with E-state index >= 15 is 0 Å². The van der Waals surface area contributed by atoms with Crippen LogP contribution in [-0.4, -0.2) is 58.5 Å². The van der Waals surface area contributed by atoms with Crippen molar-refractivity contribution in [2.45, 2.75) is 78.0 Å². The Morgan fingerprint density at radius 1 is 0.946 bits per heavy atom. The molecule has 4 aromatic rings. The molecule has 0 spiro atoms. The number of likely N-dealkylation sites (tertiary alicyclic amines) is 1. The summed E-state index contributed by atoms with van der Waals surface area (Å²) in [5, 5.41) is 0. The van der Waals surface area contributed by atoms with Crippen LogP contribution >= 0.6 is 0 Å². The number of hydrogen-bond acceptors (Lipinski definition) is 5. The normalized spacial score (nSPS) is 14.8. The minimum absolute atomic E-state index is 0.744. The molecule has 198 valence electrons. The summed E-state index contributed by atoms with van der Waals surface area (Å²) in [5.74, 6) is 3.27. The number of aromatic amines is 1. The fourth-order valence-electron chi connectivity index (χ4n) is 5.55. The van der Waals surface area contributed by atoms with Crippen molar-refractivity contribution < 1.29 is 0 Å². The maximum atomic E-state index is 5.08. The number of unbranched alkanes of at least 4 members (excludes halogenated alkanes) is 1. The third kappa shape index (κ3) is 6.67. The molecule has 5 rings (SSSR count). The third-order valence-corrected chi connectivity index (χ3v) is 7.53. The van der Waals surface area contributed by atoms with Gasteiger partial charge in [0, 0.05) is 51.3 Å². The molecule has 1 fully saturated rings. The topological polar surface area (TPSA) is 70.8 Å². The van der Waals surface area contributed by atoms with Crippen LogP contribution < -0.4 is 0 Å². The minimum atomic E-state index is 0.744. The Kier molecular flexibility index (Phi) is 8.68. The molecule has 0 saturated carbocycles. The van der Waals surface area contributed by atoms with E-state index in [-0.39, 0.29) is 0 Å². The molecular weight excluding hydrogens is 460 g/mol. The number of nitrogens with one attached hydrogen (secondary N) is 1. The monoisotopic (exact) mass is 502 g/mol. The van der Waals surface area contributed by atoms with E-state index in [2.05, 4.69) is 66.1 Å². The maximum absolute atomic E-state index is 5.08. The Balaban J connectivity index is 1.29. The fraction of sp³-hybridized carbons (Fsp3) is 0.552. The number of benzene rings is 1. The maximum Gasteiger partial charge on any atom is 0.122 e. The first-order valence-corrected chi connectivity index (χ1v) is 14.1. The van der Waals surface area contributed by atoms with Crippen LogP contribution in [0.25, 0.3) is 11.0 Å². The van der Waals surface area contributed by atoms with E-state index in [4.69, 9.17) is 4.98 Å². The molecular formula is C29H42N8. The van der Waals surface area contributed by atoms with Gasteiger partial charge in [0.1, 0.15) is 17.5 Å². The Morgan fingerprint density at radius 2 is 1.84 bits per heavy atom. The van der Waals surface area contributed by atoms with Gasteiger partial charge >= 0.3 is 0 Å². The lowest BCUT2D eigenvalue weighted by atomic mass is 10.1. The molecule has 3 aromatic heterocycles. The van der Waals surface area contributed by atoms with E-state index in [0.717, 1.165) is 56.2 Å². The van der Waals surface area contributed by atoms with Gasteiger partial charge in [0.15, 0.2) is 0 Å². The van der Waals surface area contributed by atoms with E-state index in [1.54, 1.807) is 0 Å². The van der Waals surface area contributed by atoms with Crippen molar-refractivity contribution in [3.63, 3.8) is 0 Å². The zero-order valence-corrected chi connectivity index (χ0v) is 22.6. The van der Waals surface area contributed by atoms with Crippen molar-refractivity contribution in [2.75, 3.05) is 19.6 Å². The predicted octanol–water partition coefficient (Wildman–Crippen LogP) is 4.91. The summed E-state index contributed by atoms with van der Waals surface area (Å²) < 4.78 is 4.56. The first kappa shape index (κ1) is 25.7. The molecule has 8 nitrogen and oxygen atoms in total. The molecule has 0 atom stereocenters. The summed E-state index contributed by atoms with van der Waals surface area (Å²) in [5.41, 5.74) is 3.67. The van der Waals surface area contributed by atoms with E-state index < -0.39 is 0 Å². The molecule has 1 aromatic carbocycles. The van der Waals surface area contributed by atoms with Gasteiger partial charge in [-0.3, -0.25) is 4.90 Å². The second-order valence-electron chi connectivity index (χ2n) is 10.5. The molecule has 1 aliphatic rings. The number of imidazole rings is 3. The van der Waals surface area contributed by atoms with Crippen molar-refractivity contribution >= 4 is 11.0 Å². The molecule has 0 bridgehead atoms. The highest BCUT2D eigenvalue weighted by Crippen LogP contribution is 2.22. The Morgan fingerprint density at radius 3 is 2.59 bits per heavy atom. The van der Waals surface area contributed by atoms with Crippen molar-refractivity contribution in [2.24, 2.45) is 7.05 Å². The summed E-state index contributed by atoms with van der Waals surface area (Å²) in [7, 11) is 2.05. The highest BCUT2D eigenvalue weighted by Gasteiger charge is 2.16. The summed E-state index contributed by atoms with van der Waals surface area (Å²) in [4.78, 5) is 22.4. The van der Waals surface area contributed by atoms with Gasteiger partial charge in [0.05, 0.1) is 24.1 Å². The van der Waals surface area contributed by atoms with E-state index in [0.29, 0.717) is 0 Å². The average Bonchev–Trinajstić information content (AvgIpc) is 3.65. The van der Waals surface area contributed by atoms with E-state index in [1.165, 1.54) is 68.6 Å². The lowest BCUT2D eigenvalue weighted by Crippen LogP contribution is -2.30. The molecule has 0 unspecified atom stereocenters. The summed E-state index contributed by atoms with van der Waals surface area (Å²) >= 11 is 0. The Bertz CT molecular complexity index is 1230. The van der Waals surface area contributed by atoms with Crippen LogP contribution in [-0.2, 0) is 39.6 Å². The van der Waals surface area contributed by atoms with Gasteiger partial charge in [-0.1, -0.05) is 19.4 Å². The van der Waals surface area contributed by atoms with Crippen molar-refractivity contribution in [3.8, 4) is 0 Å². The van der Waals surface area contributed by atoms with Crippen LogP contribution in [0.15, 0.2) is 43.0 Å². The number of hydrogen-bond donors (Lipinski definition) is 1. The second-order valence-corrected chi connectivity index (χ2v) is 10.5. The molecule has 0 amide bonds. The van der Waals surface area contributed by atoms with Gasteiger partial charge in [-0.25, -0.2) is 15.0 Å². The van der Waals surface area contributed by atoms with Crippen LogP contribution in [0.5, 0.6) is 0 Å². The molecule has 1 N–H and O–H groups in total. The van der Waals surface area contributed by atoms with Crippen molar-refractivity contribution in [1.82, 2.24) is 38.9 Å². The lowest BCUT2D eigenvalue weighted by Gasteiger charge is -2.26. The number of rotatable bonds is 13. The average molecular weight is 503 g/mol. The van der Waals surface area contributed by atoms with Gasteiger partial charge in [-0.05, 0) is 69.4 Å². The second kappa shape index (κ2) is 12.5. The molecule has 0 radical (unpaired) electrons. The number of H-pyrrole nitrogens is 1. The largest absolute Gasteiger partial charge is 0.348 e. The molecule has 4 heterocycles. The number of aryl methyl sites for hydroxylation is 3. The first-order chi connectivity index (χ1) is 18.2. The third-order valence-electron chi connectivity index (χ3n) is 7.53. The number of piperidine rings is 1. The van der Waals surface area contributed by atoms with Gasteiger partial charge in [-0.2, -0.15) is 0 Å². The van der Waals surface area contributed by atoms with E-state index in [9.17, 15) is 0 Å². The van der Waals surface area contributed by atoms with Crippen molar-refractivity contribution in [3.05, 3.63) is 66.0 Å². The smallest absolute Gasteiger partial charge is 0.122 e. The van der Waals surface area contributed by atoms with Crippen LogP contribution in [0.4, 0.5) is 0 Å². The number of fused-ring (bicyclic) bond motifs is 1. The summed E-state index contributed by atoms with van der Waals surface area (Å²) in [6.45, 7) is 9.42. The predicted molar refractivity (Wildman–Crippen MR) is 148 cm³/mol. The quantitative estimate of drug-likeness (QED) is 0.263. The van der Waals surface area contributed by atoms with Crippen LogP contribution in [0, 0.1) is 0 Å². The fourth-order valence-corrected chi connectivity index (χ4v) is 5.55. The SMILES string of the molecule is CCCn1c(CCCCN2CCCCC2)nc2ccc(CN(Cc3ncc[nH]3)Cc3nccn3C)cc21. The van der Waals surface area contributed by atoms with Gasteiger partial charge in [-0.15, -0.1) is 0 Å². The zero-order chi connectivity index (χ0) is 25.5. The summed E-state index contributed by atoms with van der Waals surface area (Å²) in [6.07, 6.45) is 16.4. The van der Waals surface area contributed by atoms with E-state index in [1.807, 2.05) is 24.8 Å². The van der Waals surface area contributed by atoms with Crippen molar-refractivity contribution in [1.29, 1.82) is 0 Å². The highest BCUT2D eigenvalue weighted by atomic mass is 15.2. The first-order valence-electron chi connectivity index (χ1n) is 14.1. The molecule has 1 aliphatic heterocycles. The van der Waals surface area contributed by atoms with Gasteiger partial charge in [0.2, 0.25) is 0 Å². The van der Waals surface area contributed by atoms with Gasteiger partial charge in [0.25, 0.3) is 0 Å². The molecule has 0 aliphatic carbocycles. The Hall–Kier alpha value is -2.97. The standard InChI is InChI=1S/C29H42N8/c1-3-15-37-26-20-24(21-36(22-27-30-12-13-31-27)23-29-32-14-19-34(29)2)10-11-25(26)33-28(37)9-5-8-18-35-16-6-4-7-17-35/h10-14,19-20H,3-9,15-18,21-23H2,1-2H3,(H,30,31). The number of nitrogens with zero attached hydrogens (tertiary/aromatic N) is 7. The lowest BCUT2D eigenvalue weighted by molar-refractivity contribution is 0.224. The van der Waals surface area contributed by atoms with Crippen LogP contribution in [0.1, 0.15) is 68.5 Å².